The third-order valence-corrected chi connectivity index (χ3v) is 4.45. The Bertz CT molecular complexity index is 1240. The number of halogens is 7. The first kappa shape index (κ1) is 24.6. The van der Waals surface area contributed by atoms with Gasteiger partial charge in [-0.2, -0.15) is 22.0 Å². The maximum Gasteiger partial charge on any atom is 0.458 e. The molecule has 3 aromatic rings. The van der Waals surface area contributed by atoms with Gasteiger partial charge in [-0.25, -0.2) is 13.6 Å². The zero-order chi connectivity index (χ0) is 25.3. The monoisotopic (exact) mass is 487 g/mol. The second-order valence-electron chi connectivity index (χ2n) is 6.80. The number of anilines is 1. The van der Waals surface area contributed by atoms with E-state index < -0.39 is 58.2 Å². The number of benzene rings is 3. The molecule has 0 fully saturated rings. The van der Waals surface area contributed by atoms with Crippen LogP contribution in [0.4, 0.5) is 36.4 Å². The molecule has 0 aliphatic rings. The van der Waals surface area contributed by atoms with E-state index in [1.807, 2.05) is 0 Å². The van der Waals surface area contributed by atoms with Gasteiger partial charge in [0.2, 0.25) is 0 Å². The molecule has 178 valence electrons. The molecule has 0 radical (unpaired) electrons. The van der Waals surface area contributed by atoms with Crippen molar-refractivity contribution in [3.8, 4) is 11.5 Å². The SMILES string of the molecule is O=C(O)c1ccc(NC(=O)c2ccc(C(F)(F)C(F)(F)F)cc2Oc2ccc(F)cc2F)cc1. The molecule has 0 aliphatic heterocycles. The Morgan fingerprint density at radius 1 is 0.824 bits per heavy atom. The zero-order valence-corrected chi connectivity index (χ0v) is 16.6. The van der Waals surface area contributed by atoms with Gasteiger partial charge in [0.15, 0.2) is 11.6 Å². The van der Waals surface area contributed by atoms with Gasteiger partial charge < -0.3 is 15.2 Å². The molecule has 0 heterocycles. The second kappa shape index (κ2) is 9.04. The fourth-order valence-corrected chi connectivity index (χ4v) is 2.72. The van der Waals surface area contributed by atoms with Crippen LogP contribution in [0.2, 0.25) is 0 Å². The summed E-state index contributed by atoms with van der Waals surface area (Å²) in [5.74, 6) is -11.5. The van der Waals surface area contributed by atoms with Gasteiger partial charge in [0.05, 0.1) is 11.1 Å². The molecule has 0 bridgehead atoms. The minimum Gasteiger partial charge on any atom is -0.478 e. The molecular weight excluding hydrogens is 475 g/mol. The third-order valence-electron chi connectivity index (χ3n) is 4.45. The van der Waals surface area contributed by atoms with Gasteiger partial charge >= 0.3 is 18.1 Å². The number of carbonyl (C=O) groups excluding carboxylic acids is 1. The molecule has 2 N–H and O–H groups in total. The number of nitrogens with one attached hydrogen (secondary N) is 1. The van der Waals surface area contributed by atoms with E-state index in [9.17, 15) is 40.3 Å². The van der Waals surface area contributed by atoms with Gasteiger partial charge in [0.1, 0.15) is 11.6 Å². The predicted octanol–water partition coefficient (Wildman–Crippen LogP) is 6.36. The number of rotatable bonds is 6. The van der Waals surface area contributed by atoms with Crippen LogP contribution in [0, 0.1) is 11.6 Å². The predicted molar refractivity (Wildman–Crippen MR) is 104 cm³/mol. The molecule has 0 saturated carbocycles. The number of aromatic carboxylic acids is 1. The maximum absolute atomic E-state index is 14.0. The molecule has 0 aromatic heterocycles. The van der Waals surface area contributed by atoms with E-state index in [-0.39, 0.29) is 17.3 Å². The highest BCUT2D eigenvalue weighted by molar-refractivity contribution is 6.06. The Labute approximate surface area is 186 Å². The average molecular weight is 487 g/mol. The molecule has 12 heteroatoms. The normalized spacial score (nSPS) is 11.7. The molecule has 1 amide bonds. The van der Waals surface area contributed by atoms with Crippen LogP contribution in [0.25, 0.3) is 0 Å². The molecular formula is C22H12F7NO4. The van der Waals surface area contributed by atoms with E-state index in [4.69, 9.17) is 9.84 Å². The maximum atomic E-state index is 14.0. The van der Waals surface area contributed by atoms with E-state index in [0.717, 1.165) is 24.3 Å². The first-order valence-electron chi connectivity index (χ1n) is 9.16. The van der Waals surface area contributed by atoms with Crippen molar-refractivity contribution < 1.29 is 50.2 Å². The van der Waals surface area contributed by atoms with Crippen LogP contribution < -0.4 is 10.1 Å². The molecule has 34 heavy (non-hydrogen) atoms. The Hall–Kier alpha value is -4.09. The van der Waals surface area contributed by atoms with Gasteiger partial charge in [-0.1, -0.05) is 6.07 Å². The Morgan fingerprint density at radius 2 is 1.47 bits per heavy atom. The zero-order valence-electron chi connectivity index (χ0n) is 16.6. The first-order valence-corrected chi connectivity index (χ1v) is 9.16. The molecule has 0 atom stereocenters. The van der Waals surface area contributed by atoms with Gasteiger partial charge in [0.25, 0.3) is 5.91 Å². The van der Waals surface area contributed by atoms with Gasteiger partial charge in [-0.3, -0.25) is 4.79 Å². The molecule has 5 nitrogen and oxygen atoms in total. The van der Waals surface area contributed by atoms with Crippen molar-refractivity contribution in [3.05, 3.63) is 89.0 Å². The third kappa shape index (κ3) is 5.11. The fourth-order valence-electron chi connectivity index (χ4n) is 2.72. The highest BCUT2D eigenvalue weighted by Gasteiger charge is 2.58. The number of amides is 1. The summed E-state index contributed by atoms with van der Waals surface area (Å²) in [6.45, 7) is 0. The lowest BCUT2D eigenvalue weighted by atomic mass is 10.0. The molecule has 0 spiro atoms. The first-order chi connectivity index (χ1) is 15.8. The van der Waals surface area contributed by atoms with E-state index in [1.165, 1.54) is 12.1 Å². The van der Waals surface area contributed by atoms with Gasteiger partial charge in [0, 0.05) is 17.3 Å². The second-order valence-corrected chi connectivity index (χ2v) is 6.80. The van der Waals surface area contributed by atoms with Crippen LogP contribution in [0.3, 0.4) is 0 Å². The summed E-state index contributed by atoms with van der Waals surface area (Å²) in [6.07, 6.45) is -5.97. The molecule has 3 rings (SSSR count). The number of hydrogen-bond donors (Lipinski definition) is 2. The van der Waals surface area contributed by atoms with Crippen LogP contribution in [0.1, 0.15) is 26.3 Å². The highest BCUT2D eigenvalue weighted by atomic mass is 19.4. The van der Waals surface area contributed by atoms with Crippen molar-refractivity contribution in [2.24, 2.45) is 0 Å². The van der Waals surface area contributed by atoms with Crippen molar-refractivity contribution in [1.29, 1.82) is 0 Å². The molecule has 3 aromatic carbocycles. The summed E-state index contributed by atoms with van der Waals surface area (Å²) in [6, 6.07) is 7.78. The quantitative estimate of drug-likeness (QED) is 0.397. The highest BCUT2D eigenvalue weighted by Crippen LogP contribution is 2.45. The largest absolute Gasteiger partial charge is 0.478 e. The Balaban J connectivity index is 2.02. The number of carboxylic acids is 1. The number of hydrogen-bond acceptors (Lipinski definition) is 3. The Kier molecular flexibility index (Phi) is 6.53. The van der Waals surface area contributed by atoms with Crippen LogP contribution in [-0.2, 0) is 5.92 Å². The number of ether oxygens (including phenoxy) is 1. The van der Waals surface area contributed by atoms with Gasteiger partial charge in [-0.05, 0) is 48.5 Å². The van der Waals surface area contributed by atoms with Crippen LogP contribution >= 0.6 is 0 Å². The summed E-state index contributed by atoms with van der Waals surface area (Å²) >= 11 is 0. The summed E-state index contributed by atoms with van der Waals surface area (Å²) in [4.78, 5) is 23.6. The lowest BCUT2D eigenvalue weighted by molar-refractivity contribution is -0.289. The topological polar surface area (TPSA) is 75.6 Å². The van der Waals surface area contributed by atoms with Crippen molar-refractivity contribution in [1.82, 2.24) is 0 Å². The summed E-state index contributed by atoms with van der Waals surface area (Å²) < 4.78 is 98.3. The molecule has 0 unspecified atom stereocenters. The van der Waals surface area contributed by atoms with E-state index in [1.54, 1.807) is 0 Å². The lowest BCUT2D eigenvalue weighted by Crippen LogP contribution is -2.33. The fraction of sp³-hybridized carbons (Fsp3) is 0.0909. The summed E-state index contributed by atoms with van der Waals surface area (Å²) in [5.41, 5.74) is -2.20. The number of alkyl halides is 5. The minimum absolute atomic E-state index is 0.0543. The number of carboxylic acid groups (broad SMARTS) is 1. The van der Waals surface area contributed by atoms with Crippen molar-refractivity contribution in [2.45, 2.75) is 12.1 Å². The van der Waals surface area contributed by atoms with E-state index >= 15 is 0 Å². The van der Waals surface area contributed by atoms with Crippen molar-refractivity contribution in [3.63, 3.8) is 0 Å². The van der Waals surface area contributed by atoms with Crippen LogP contribution in [-0.4, -0.2) is 23.2 Å². The summed E-state index contributed by atoms with van der Waals surface area (Å²) in [5, 5.41) is 11.2. The molecule has 0 aliphatic carbocycles. The van der Waals surface area contributed by atoms with E-state index in [2.05, 4.69) is 5.32 Å². The molecule has 0 saturated heterocycles. The van der Waals surface area contributed by atoms with E-state index in [0.29, 0.717) is 18.2 Å². The van der Waals surface area contributed by atoms with Crippen molar-refractivity contribution in [2.75, 3.05) is 5.32 Å². The smallest absolute Gasteiger partial charge is 0.458 e. The van der Waals surface area contributed by atoms with Crippen molar-refractivity contribution >= 4 is 17.6 Å². The standard InChI is InChI=1S/C22H12F7NO4/c23-13-4-8-17(16(24)10-13)34-18-9-12(21(25,26)22(27,28)29)3-7-15(18)19(31)30-14-5-1-11(2-6-14)20(32)33/h1-10H,(H,30,31)(H,32,33). The van der Waals surface area contributed by atoms with Crippen LogP contribution in [0.15, 0.2) is 60.7 Å². The average Bonchev–Trinajstić information content (AvgIpc) is 2.75. The number of carbonyl (C=O) groups is 2. The lowest BCUT2D eigenvalue weighted by Gasteiger charge is -2.21. The summed E-state index contributed by atoms with van der Waals surface area (Å²) in [7, 11) is 0. The van der Waals surface area contributed by atoms with Crippen LogP contribution in [0.5, 0.6) is 11.5 Å². The Morgan fingerprint density at radius 3 is 2.03 bits per heavy atom. The minimum atomic E-state index is -5.97. The van der Waals surface area contributed by atoms with Gasteiger partial charge in [-0.15, -0.1) is 0 Å².